The van der Waals surface area contributed by atoms with Gasteiger partial charge in [0.2, 0.25) is 5.91 Å². The Labute approximate surface area is 342 Å². The predicted octanol–water partition coefficient (Wildman–Crippen LogP) is 11.9. The molecule has 0 aliphatic heterocycles. The van der Waals surface area contributed by atoms with Crippen LogP contribution in [0.15, 0.2) is 0 Å². The second-order valence-corrected chi connectivity index (χ2v) is 17.4. The molecule has 0 aliphatic rings. The summed E-state index contributed by atoms with van der Waals surface area (Å²) < 4.78 is 26.8. The molecule has 4 N–H and O–H groups in total. The van der Waals surface area contributed by atoms with Crippen molar-refractivity contribution in [2.24, 2.45) is 0 Å². The molecule has 11 nitrogen and oxygen atoms in total. The highest BCUT2D eigenvalue weighted by Crippen LogP contribution is 2.43. The summed E-state index contributed by atoms with van der Waals surface area (Å²) in [5.41, 5.74) is 0. The molecule has 0 spiro atoms. The molecule has 332 valence electrons. The molecule has 0 aromatic rings. The lowest BCUT2D eigenvalue weighted by Gasteiger charge is -2.18. The average Bonchev–Trinajstić information content (AvgIpc) is 3.17. The zero-order valence-electron chi connectivity index (χ0n) is 36.0. The van der Waals surface area contributed by atoms with E-state index in [0.717, 1.165) is 38.5 Å². The van der Waals surface area contributed by atoms with E-state index in [1.807, 2.05) is 0 Å². The molecule has 1 amide bonds. The van der Waals surface area contributed by atoms with Gasteiger partial charge in [-0.25, -0.2) is 9.36 Å². The lowest BCUT2D eigenvalue weighted by molar-refractivity contribution is -0.147. The molecule has 0 fully saturated rings. The molecule has 0 saturated carbocycles. The smallest absolute Gasteiger partial charge is 0.472 e. The largest absolute Gasteiger partial charge is 0.480 e. The summed E-state index contributed by atoms with van der Waals surface area (Å²) in [6, 6.07) is -1.54. The molecule has 0 radical (unpaired) electrons. The van der Waals surface area contributed by atoms with Gasteiger partial charge in [0, 0.05) is 12.8 Å². The number of rotatable bonds is 44. The van der Waals surface area contributed by atoms with E-state index >= 15 is 0 Å². The number of carbonyl (C=O) groups is 3. The molecule has 0 aliphatic carbocycles. The van der Waals surface area contributed by atoms with E-state index < -0.39 is 57.6 Å². The van der Waals surface area contributed by atoms with Crippen molar-refractivity contribution in [3.05, 3.63) is 0 Å². The van der Waals surface area contributed by atoms with E-state index in [9.17, 15) is 34.1 Å². The molecule has 0 aromatic carbocycles. The van der Waals surface area contributed by atoms with Crippen LogP contribution < -0.4 is 5.32 Å². The highest BCUT2D eigenvalue weighted by Gasteiger charge is 2.28. The van der Waals surface area contributed by atoms with E-state index in [1.54, 1.807) is 0 Å². The Morgan fingerprint density at radius 2 is 0.821 bits per heavy atom. The number of amides is 1. The van der Waals surface area contributed by atoms with Crippen LogP contribution in [0.5, 0.6) is 0 Å². The van der Waals surface area contributed by atoms with Crippen LogP contribution in [-0.4, -0.2) is 64.9 Å². The number of phosphoric acid groups is 1. The number of carboxylic acids is 1. The molecular weight excluding hydrogens is 733 g/mol. The summed E-state index contributed by atoms with van der Waals surface area (Å²) in [7, 11) is -4.74. The number of esters is 1. The average molecular weight is 820 g/mol. The SMILES string of the molecule is CCCCCCCCCCCCCCCCCCCCCCCCCC(=O)NC(COP(=O)(O)OCC(O)COC(=O)CCCCCCCCCCC)C(=O)O. The molecule has 0 saturated heterocycles. The number of aliphatic hydroxyl groups excluding tert-OH is 1. The van der Waals surface area contributed by atoms with E-state index in [0.29, 0.717) is 12.8 Å². The monoisotopic (exact) mass is 820 g/mol. The van der Waals surface area contributed by atoms with Gasteiger partial charge in [-0.3, -0.25) is 18.6 Å². The van der Waals surface area contributed by atoms with Gasteiger partial charge in [-0.1, -0.05) is 206 Å². The van der Waals surface area contributed by atoms with Crippen molar-refractivity contribution in [3.8, 4) is 0 Å². The first-order valence-electron chi connectivity index (χ1n) is 23.1. The Morgan fingerprint density at radius 3 is 1.18 bits per heavy atom. The Hall–Kier alpha value is -1.52. The van der Waals surface area contributed by atoms with Gasteiger partial charge in [0.15, 0.2) is 6.04 Å². The van der Waals surface area contributed by atoms with Crippen LogP contribution in [0.3, 0.4) is 0 Å². The maximum absolute atomic E-state index is 12.3. The zero-order chi connectivity index (χ0) is 41.4. The Balaban J connectivity index is 3.78. The standard InChI is InChI=1S/C44H86NO10P/c1-3-5-7-9-11-13-14-15-16-17-18-19-20-21-22-23-24-25-26-28-29-31-33-35-42(47)45-41(44(49)50)39-55-56(51,52)54-38-40(46)37-53-43(48)36-34-32-30-27-12-10-8-6-4-2/h40-41,46H,3-39H2,1-2H3,(H,45,47)(H,49,50)(H,51,52). The van der Waals surface area contributed by atoms with Gasteiger partial charge in [-0.2, -0.15) is 0 Å². The van der Waals surface area contributed by atoms with Crippen molar-refractivity contribution in [1.82, 2.24) is 5.32 Å². The van der Waals surface area contributed by atoms with Gasteiger partial charge in [-0.05, 0) is 12.8 Å². The summed E-state index contributed by atoms with van der Waals surface area (Å²) in [5, 5.41) is 21.8. The van der Waals surface area contributed by atoms with Gasteiger partial charge >= 0.3 is 19.8 Å². The number of aliphatic carboxylic acids is 1. The number of hydrogen-bond donors (Lipinski definition) is 4. The first-order chi connectivity index (χ1) is 27.1. The Kier molecular flexibility index (Phi) is 39.2. The maximum atomic E-state index is 12.3. The van der Waals surface area contributed by atoms with E-state index in [2.05, 4.69) is 19.2 Å². The third-order valence-electron chi connectivity index (χ3n) is 10.4. The molecule has 0 rings (SSSR count). The summed E-state index contributed by atoms with van der Waals surface area (Å²) >= 11 is 0. The quantitative estimate of drug-likeness (QED) is 0.0264. The summed E-state index contributed by atoms with van der Waals surface area (Å²) in [4.78, 5) is 45.8. The summed E-state index contributed by atoms with van der Waals surface area (Å²) in [6.07, 6.45) is 38.6. The molecule has 12 heteroatoms. The first-order valence-corrected chi connectivity index (χ1v) is 24.6. The van der Waals surface area contributed by atoms with Crippen molar-refractivity contribution in [2.75, 3.05) is 19.8 Å². The normalized spacial score (nSPS) is 13.6. The first kappa shape index (κ1) is 54.5. The maximum Gasteiger partial charge on any atom is 0.472 e. The van der Waals surface area contributed by atoms with Crippen molar-refractivity contribution >= 4 is 25.7 Å². The molecular formula is C44H86NO10P. The second kappa shape index (κ2) is 40.3. The summed E-state index contributed by atoms with van der Waals surface area (Å²) in [6.45, 7) is 2.60. The minimum atomic E-state index is -4.74. The highest BCUT2D eigenvalue weighted by molar-refractivity contribution is 7.47. The van der Waals surface area contributed by atoms with E-state index in [1.165, 1.54) is 154 Å². The fourth-order valence-corrected chi connectivity index (χ4v) is 7.56. The minimum absolute atomic E-state index is 0.153. The molecule has 0 heterocycles. The van der Waals surface area contributed by atoms with Crippen LogP contribution in [0, 0.1) is 0 Å². The molecule has 3 unspecified atom stereocenters. The van der Waals surface area contributed by atoms with Crippen molar-refractivity contribution < 1.29 is 47.8 Å². The predicted molar refractivity (Wildman–Crippen MR) is 227 cm³/mol. The van der Waals surface area contributed by atoms with Gasteiger partial charge < -0.3 is 25.2 Å². The number of unbranched alkanes of at least 4 members (excludes halogenated alkanes) is 30. The van der Waals surface area contributed by atoms with Gasteiger partial charge in [-0.15, -0.1) is 0 Å². The third-order valence-corrected chi connectivity index (χ3v) is 11.3. The molecule has 0 bridgehead atoms. The molecule has 3 atom stereocenters. The van der Waals surface area contributed by atoms with E-state index in [-0.39, 0.29) is 12.8 Å². The van der Waals surface area contributed by atoms with E-state index in [4.69, 9.17) is 13.8 Å². The number of carbonyl (C=O) groups excluding carboxylic acids is 2. The minimum Gasteiger partial charge on any atom is -0.480 e. The van der Waals surface area contributed by atoms with Crippen LogP contribution in [0.2, 0.25) is 0 Å². The lowest BCUT2D eigenvalue weighted by atomic mass is 10.0. The second-order valence-electron chi connectivity index (χ2n) is 16.0. The number of carboxylic acid groups (broad SMARTS) is 1. The van der Waals surface area contributed by atoms with Gasteiger partial charge in [0.05, 0.1) is 13.2 Å². The van der Waals surface area contributed by atoms with Crippen molar-refractivity contribution in [3.63, 3.8) is 0 Å². The third kappa shape index (κ3) is 39.3. The molecule has 56 heavy (non-hydrogen) atoms. The van der Waals surface area contributed by atoms with Crippen LogP contribution >= 0.6 is 7.82 Å². The summed E-state index contributed by atoms with van der Waals surface area (Å²) in [5.74, 6) is -2.36. The fourth-order valence-electron chi connectivity index (χ4n) is 6.79. The van der Waals surface area contributed by atoms with Crippen LogP contribution in [-0.2, 0) is 32.7 Å². The Bertz CT molecular complexity index is 968. The zero-order valence-corrected chi connectivity index (χ0v) is 36.9. The Morgan fingerprint density at radius 1 is 0.500 bits per heavy atom. The fraction of sp³-hybridized carbons (Fsp3) is 0.932. The van der Waals surface area contributed by atoms with Crippen LogP contribution in [0.4, 0.5) is 0 Å². The number of hydrogen-bond acceptors (Lipinski definition) is 8. The van der Waals surface area contributed by atoms with Crippen molar-refractivity contribution in [2.45, 2.75) is 244 Å². The topological polar surface area (TPSA) is 169 Å². The number of phosphoric ester groups is 1. The van der Waals surface area contributed by atoms with Crippen LogP contribution in [0.1, 0.15) is 232 Å². The van der Waals surface area contributed by atoms with Crippen molar-refractivity contribution in [1.29, 1.82) is 0 Å². The van der Waals surface area contributed by atoms with Gasteiger partial charge in [0.1, 0.15) is 12.7 Å². The highest BCUT2D eigenvalue weighted by atomic mass is 31.2. The van der Waals surface area contributed by atoms with Crippen LogP contribution in [0.25, 0.3) is 0 Å². The van der Waals surface area contributed by atoms with Gasteiger partial charge in [0.25, 0.3) is 0 Å². The number of aliphatic hydroxyl groups is 1. The lowest BCUT2D eigenvalue weighted by Crippen LogP contribution is -2.43. The molecule has 0 aromatic heterocycles. The number of ether oxygens (including phenoxy) is 1. The number of nitrogens with one attached hydrogen (secondary N) is 1.